The van der Waals surface area contributed by atoms with E-state index in [1.165, 1.54) is 11.6 Å². The van der Waals surface area contributed by atoms with Crippen LogP contribution in [0.25, 0.3) is 11.2 Å². The Morgan fingerprint density at radius 1 is 1.23 bits per heavy atom. The van der Waals surface area contributed by atoms with Crippen LogP contribution in [-0.4, -0.2) is 37.7 Å². The van der Waals surface area contributed by atoms with Crippen molar-refractivity contribution in [3.63, 3.8) is 0 Å². The number of carbonyl (C=O) groups is 1. The molecule has 158 valence electrons. The van der Waals surface area contributed by atoms with Gasteiger partial charge in [-0.2, -0.15) is 4.98 Å². The number of rotatable bonds is 5. The second-order valence-electron chi connectivity index (χ2n) is 7.54. The van der Waals surface area contributed by atoms with Crippen LogP contribution in [0.3, 0.4) is 0 Å². The number of carbonyl (C=O) groups excluding carboxylic acids is 1. The third-order valence-electron chi connectivity index (χ3n) is 5.22. The summed E-state index contributed by atoms with van der Waals surface area (Å²) in [5, 5.41) is 0. The minimum atomic E-state index is -0.753. The summed E-state index contributed by atoms with van der Waals surface area (Å²) < 4.78 is 9.48. The summed E-state index contributed by atoms with van der Waals surface area (Å²) in [4.78, 5) is 43.7. The van der Waals surface area contributed by atoms with E-state index in [4.69, 9.17) is 10.5 Å². The zero-order chi connectivity index (χ0) is 21.6. The van der Waals surface area contributed by atoms with Crippen molar-refractivity contribution in [2.24, 2.45) is 18.7 Å². The fourth-order valence-electron chi connectivity index (χ4n) is 3.91. The van der Waals surface area contributed by atoms with Crippen LogP contribution in [0.1, 0.15) is 13.8 Å². The van der Waals surface area contributed by atoms with E-state index >= 15 is 0 Å². The van der Waals surface area contributed by atoms with Gasteiger partial charge < -0.3 is 19.9 Å². The van der Waals surface area contributed by atoms with Gasteiger partial charge in [0, 0.05) is 25.8 Å². The predicted molar refractivity (Wildman–Crippen MR) is 112 cm³/mol. The van der Waals surface area contributed by atoms with Crippen LogP contribution in [0, 0.1) is 5.92 Å². The summed E-state index contributed by atoms with van der Waals surface area (Å²) in [5.74, 6) is 0.826. The molecular weight excluding hydrogens is 388 g/mol. The van der Waals surface area contributed by atoms with Gasteiger partial charge in [0.15, 0.2) is 11.2 Å². The number of anilines is 2. The number of aromatic nitrogens is 4. The van der Waals surface area contributed by atoms with Crippen molar-refractivity contribution in [2.45, 2.75) is 26.9 Å². The smallest absolute Gasteiger partial charge is 0.332 e. The number of aryl methyl sites for hydroxylation is 1. The molecular formula is C20H24N6O4. The highest BCUT2D eigenvalue weighted by atomic mass is 16.5. The third-order valence-corrected chi connectivity index (χ3v) is 5.22. The van der Waals surface area contributed by atoms with Gasteiger partial charge in [0.1, 0.15) is 12.3 Å². The van der Waals surface area contributed by atoms with Crippen LogP contribution in [0.2, 0.25) is 0 Å². The Hall–Kier alpha value is -3.56. The maximum Gasteiger partial charge on any atom is 0.332 e. The molecule has 1 aliphatic heterocycles. The van der Waals surface area contributed by atoms with Crippen LogP contribution >= 0.6 is 0 Å². The lowest BCUT2D eigenvalue weighted by Gasteiger charge is -2.33. The second kappa shape index (κ2) is 7.36. The van der Waals surface area contributed by atoms with Gasteiger partial charge in [-0.15, -0.1) is 0 Å². The third kappa shape index (κ3) is 3.14. The molecule has 10 heteroatoms. The molecule has 1 aliphatic rings. The van der Waals surface area contributed by atoms with Crippen molar-refractivity contribution in [1.29, 1.82) is 0 Å². The molecule has 3 aromatic rings. The van der Waals surface area contributed by atoms with Crippen molar-refractivity contribution in [2.75, 3.05) is 18.1 Å². The quantitative estimate of drug-likeness (QED) is 0.655. The Kier molecular flexibility index (Phi) is 4.84. The number of fused-ring (bicyclic) bond motifs is 3. The number of hydrogen-bond donors (Lipinski definition) is 1. The molecule has 0 spiro atoms. The number of amides is 1. The summed E-state index contributed by atoms with van der Waals surface area (Å²) in [6.07, 6.45) is 0. The lowest BCUT2D eigenvalue weighted by molar-refractivity contribution is -0.118. The van der Waals surface area contributed by atoms with Gasteiger partial charge in [-0.1, -0.05) is 6.92 Å². The lowest BCUT2D eigenvalue weighted by atomic mass is 10.1. The van der Waals surface area contributed by atoms with Crippen LogP contribution in [0.15, 0.2) is 33.9 Å². The zero-order valence-corrected chi connectivity index (χ0v) is 17.2. The molecule has 1 aromatic carbocycles. The minimum absolute atomic E-state index is 0.225. The first-order chi connectivity index (χ1) is 14.3. The van der Waals surface area contributed by atoms with Crippen molar-refractivity contribution in [3.05, 3.63) is 45.1 Å². The van der Waals surface area contributed by atoms with Crippen LogP contribution in [0.4, 0.5) is 11.6 Å². The van der Waals surface area contributed by atoms with Gasteiger partial charge in [0.05, 0.1) is 6.61 Å². The topological polar surface area (TPSA) is 117 Å². The fraction of sp³-hybridized carbons (Fsp3) is 0.400. The maximum absolute atomic E-state index is 13.1. The summed E-state index contributed by atoms with van der Waals surface area (Å²) in [7, 11) is 1.53. The van der Waals surface area contributed by atoms with E-state index in [-0.39, 0.29) is 17.1 Å². The molecule has 1 amide bonds. The molecule has 0 bridgehead atoms. The van der Waals surface area contributed by atoms with Gasteiger partial charge in [0.25, 0.3) is 5.56 Å². The standard InChI is InChI=1S/C20H24N6O4/c1-4-30-14-7-5-13(6-8-14)24-9-12(2)10-25-16-17(22-19(24)25)23(3)20(29)26(18(16)28)11-15(21)27/h5-8,12H,4,9-11H2,1-3H3,(H2,21,27)/t12-/m1/s1. The van der Waals surface area contributed by atoms with E-state index < -0.39 is 23.7 Å². The molecule has 0 radical (unpaired) electrons. The number of hydrogen-bond acceptors (Lipinski definition) is 6. The second-order valence-corrected chi connectivity index (χ2v) is 7.54. The van der Waals surface area contributed by atoms with Crippen molar-refractivity contribution in [1.82, 2.24) is 18.7 Å². The molecule has 3 heterocycles. The molecule has 0 aliphatic carbocycles. The molecule has 4 rings (SSSR count). The van der Waals surface area contributed by atoms with Crippen LogP contribution < -0.4 is 26.6 Å². The summed E-state index contributed by atoms with van der Waals surface area (Å²) >= 11 is 0. The Morgan fingerprint density at radius 2 is 1.93 bits per heavy atom. The van der Waals surface area contributed by atoms with Crippen LogP contribution in [-0.2, 0) is 24.9 Å². The van der Waals surface area contributed by atoms with E-state index in [1.807, 2.05) is 40.7 Å². The first-order valence-electron chi connectivity index (χ1n) is 9.80. The Bertz CT molecular complexity index is 1240. The Balaban J connectivity index is 1.92. The average molecular weight is 412 g/mol. The van der Waals surface area contributed by atoms with Gasteiger partial charge >= 0.3 is 5.69 Å². The largest absolute Gasteiger partial charge is 0.494 e. The highest BCUT2D eigenvalue weighted by Crippen LogP contribution is 2.33. The number of ether oxygens (including phenoxy) is 1. The average Bonchev–Trinajstić information content (AvgIpc) is 3.09. The first-order valence-corrected chi connectivity index (χ1v) is 9.80. The van der Waals surface area contributed by atoms with Gasteiger partial charge in [0.2, 0.25) is 11.9 Å². The Labute approximate surface area is 172 Å². The maximum atomic E-state index is 13.1. The molecule has 0 saturated carbocycles. The van der Waals surface area contributed by atoms with Crippen LogP contribution in [0.5, 0.6) is 5.75 Å². The minimum Gasteiger partial charge on any atom is -0.494 e. The number of primary amides is 1. The molecule has 2 aromatic heterocycles. The number of nitrogens with two attached hydrogens (primary N) is 1. The predicted octanol–water partition coefficient (Wildman–Crippen LogP) is 0.569. The van der Waals surface area contributed by atoms with Gasteiger partial charge in [-0.25, -0.2) is 9.36 Å². The van der Waals surface area contributed by atoms with E-state index in [9.17, 15) is 14.4 Å². The normalized spacial score (nSPS) is 16.0. The molecule has 2 N–H and O–H groups in total. The van der Waals surface area contributed by atoms with Crippen molar-refractivity contribution >= 4 is 28.7 Å². The molecule has 0 fully saturated rings. The van der Waals surface area contributed by atoms with Crippen molar-refractivity contribution in [3.8, 4) is 5.75 Å². The van der Waals surface area contributed by atoms with Gasteiger partial charge in [-0.05, 0) is 37.1 Å². The fourth-order valence-corrected chi connectivity index (χ4v) is 3.91. The SMILES string of the molecule is CCOc1ccc(N2C[C@@H](C)Cn3c2nc2c3c(=O)n(CC(N)=O)c(=O)n2C)cc1. The number of benzene rings is 1. The van der Waals surface area contributed by atoms with E-state index in [1.54, 1.807) is 0 Å². The first kappa shape index (κ1) is 19.7. The molecule has 30 heavy (non-hydrogen) atoms. The highest BCUT2D eigenvalue weighted by molar-refractivity contribution is 5.78. The number of imidazole rings is 1. The monoisotopic (exact) mass is 412 g/mol. The van der Waals surface area contributed by atoms with E-state index in [0.29, 0.717) is 25.6 Å². The van der Waals surface area contributed by atoms with E-state index in [0.717, 1.165) is 16.0 Å². The zero-order valence-electron chi connectivity index (χ0n) is 17.2. The Morgan fingerprint density at radius 3 is 2.57 bits per heavy atom. The molecule has 0 saturated heterocycles. The summed E-state index contributed by atoms with van der Waals surface area (Å²) in [6.45, 7) is 5.41. The number of nitrogens with zero attached hydrogens (tertiary/aromatic N) is 5. The lowest BCUT2D eigenvalue weighted by Crippen LogP contribution is -2.43. The highest BCUT2D eigenvalue weighted by Gasteiger charge is 2.30. The molecule has 1 atom stereocenters. The summed E-state index contributed by atoms with van der Waals surface area (Å²) in [5.41, 5.74) is 5.53. The van der Waals surface area contributed by atoms with Gasteiger partial charge in [-0.3, -0.25) is 14.2 Å². The molecule has 10 nitrogen and oxygen atoms in total. The van der Waals surface area contributed by atoms with Crippen molar-refractivity contribution < 1.29 is 9.53 Å². The molecule has 0 unspecified atom stereocenters. The van der Waals surface area contributed by atoms with E-state index in [2.05, 4.69) is 11.9 Å². The summed E-state index contributed by atoms with van der Waals surface area (Å²) in [6, 6.07) is 7.66.